The van der Waals surface area contributed by atoms with Gasteiger partial charge in [0.25, 0.3) is 0 Å². The molecule has 88 valence electrons. The van der Waals surface area contributed by atoms with Crippen LogP contribution in [0.4, 0.5) is 0 Å². The zero-order chi connectivity index (χ0) is 12.6. The highest BCUT2D eigenvalue weighted by Gasteiger charge is 2.18. The summed E-state index contributed by atoms with van der Waals surface area (Å²) in [5, 5.41) is 24.0. The Bertz CT molecular complexity index is 223. The Morgan fingerprint density at radius 1 is 0.867 bits per heavy atom. The number of hydrogen-bond donors (Lipinski definition) is 3. The first-order chi connectivity index (χ1) is 6.57. The highest BCUT2D eigenvalue weighted by molar-refractivity contribution is 5.75. The lowest BCUT2D eigenvalue weighted by molar-refractivity contribution is -0.145. The summed E-state index contributed by atoms with van der Waals surface area (Å²) in [5.41, 5.74) is -0.583. The maximum absolute atomic E-state index is 10.0. The molecule has 0 aliphatic heterocycles. The summed E-state index contributed by atoms with van der Waals surface area (Å²) in [6.45, 7) is 4.99. The second-order valence-electron chi connectivity index (χ2n) is 3.84. The Balaban J connectivity index is 0. The second-order valence-corrected chi connectivity index (χ2v) is 3.84. The first kappa shape index (κ1) is 15.9. The Morgan fingerprint density at radius 2 is 1.07 bits per heavy atom. The summed E-state index contributed by atoms with van der Waals surface area (Å²) in [6, 6.07) is 0. The minimum atomic E-state index is -1.08. The maximum atomic E-state index is 10.0. The van der Waals surface area contributed by atoms with Crippen molar-refractivity contribution in [2.24, 2.45) is 5.41 Å². The molecule has 0 aromatic heterocycles. The van der Waals surface area contributed by atoms with E-state index in [1.54, 1.807) is 20.8 Å². The molecule has 0 aliphatic rings. The Labute approximate surface area is 87.5 Å². The van der Waals surface area contributed by atoms with Crippen LogP contribution in [0.15, 0.2) is 0 Å². The van der Waals surface area contributed by atoms with E-state index in [0.717, 1.165) is 0 Å². The molecule has 6 nitrogen and oxygen atoms in total. The van der Waals surface area contributed by atoms with Gasteiger partial charge in [-0.1, -0.05) is 0 Å². The molecule has 3 N–H and O–H groups in total. The fourth-order valence-electron chi connectivity index (χ4n) is 0.214. The predicted molar refractivity (Wildman–Crippen MR) is 51.6 cm³/mol. The molecule has 0 bridgehead atoms. The van der Waals surface area contributed by atoms with Crippen molar-refractivity contribution in [3.8, 4) is 0 Å². The van der Waals surface area contributed by atoms with Gasteiger partial charge in [-0.05, 0) is 20.8 Å². The lowest BCUT2D eigenvalue weighted by Crippen LogP contribution is -2.18. The molecule has 0 saturated carbocycles. The molecule has 0 fully saturated rings. The first-order valence-corrected chi connectivity index (χ1v) is 4.24. The normalized spacial score (nSPS) is 9.80. The van der Waals surface area contributed by atoms with E-state index in [1.165, 1.54) is 0 Å². The summed E-state index contributed by atoms with van der Waals surface area (Å²) >= 11 is 0. The molecule has 0 rings (SSSR count). The molecular formula is C9H16O6. The maximum Gasteiger partial charge on any atom is 0.308 e. The van der Waals surface area contributed by atoms with Crippen molar-refractivity contribution in [2.75, 3.05) is 0 Å². The Hall–Kier alpha value is -1.59. The number of carboxylic acid groups (broad SMARTS) is 3. The Morgan fingerprint density at radius 3 is 1.13 bits per heavy atom. The molecule has 0 heterocycles. The lowest BCUT2D eigenvalue weighted by Gasteiger charge is -2.08. The third-order valence-corrected chi connectivity index (χ3v) is 1.19. The van der Waals surface area contributed by atoms with Gasteiger partial charge < -0.3 is 15.3 Å². The van der Waals surface area contributed by atoms with Crippen molar-refractivity contribution in [1.29, 1.82) is 0 Å². The highest BCUT2D eigenvalue weighted by Crippen LogP contribution is 2.11. The van der Waals surface area contributed by atoms with Gasteiger partial charge in [0.2, 0.25) is 0 Å². The SMILES string of the molecule is CC(C)(C)C(=O)O.O=C(O)CCC(=O)O. The Kier molecular flexibility index (Phi) is 7.20. The lowest BCUT2D eigenvalue weighted by atomic mass is 9.98. The van der Waals surface area contributed by atoms with E-state index in [4.69, 9.17) is 15.3 Å². The van der Waals surface area contributed by atoms with Crippen LogP contribution >= 0.6 is 0 Å². The van der Waals surface area contributed by atoms with Crippen LogP contribution in [0.25, 0.3) is 0 Å². The highest BCUT2D eigenvalue weighted by atomic mass is 16.4. The van der Waals surface area contributed by atoms with E-state index in [9.17, 15) is 14.4 Å². The van der Waals surface area contributed by atoms with Crippen molar-refractivity contribution >= 4 is 17.9 Å². The molecule has 0 aromatic rings. The fourth-order valence-corrected chi connectivity index (χ4v) is 0.214. The predicted octanol–water partition coefficient (Wildman–Crippen LogP) is 1.05. The largest absolute Gasteiger partial charge is 0.481 e. The van der Waals surface area contributed by atoms with Crippen LogP contribution in [0, 0.1) is 5.41 Å². The van der Waals surface area contributed by atoms with Gasteiger partial charge in [-0.25, -0.2) is 0 Å². The zero-order valence-electron chi connectivity index (χ0n) is 8.98. The molecule has 0 radical (unpaired) electrons. The summed E-state index contributed by atoms with van der Waals surface area (Å²) in [4.78, 5) is 29.3. The first-order valence-electron chi connectivity index (χ1n) is 4.24. The van der Waals surface area contributed by atoms with E-state index < -0.39 is 23.3 Å². The molecule has 0 amide bonds. The third-order valence-electron chi connectivity index (χ3n) is 1.19. The van der Waals surface area contributed by atoms with Gasteiger partial charge in [0.15, 0.2) is 0 Å². The van der Waals surface area contributed by atoms with Gasteiger partial charge in [0, 0.05) is 0 Å². The summed E-state index contributed by atoms with van der Waals surface area (Å²) < 4.78 is 0. The van der Waals surface area contributed by atoms with Gasteiger partial charge in [0.05, 0.1) is 18.3 Å². The van der Waals surface area contributed by atoms with Gasteiger partial charge in [-0.15, -0.1) is 0 Å². The average molecular weight is 220 g/mol. The van der Waals surface area contributed by atoms with Gasteiger partial charge in [-0.2, -0.15) is 0 Å². The van der Waals surface area contributed by atoms with Gasteiger partial charge in [0.1, 0.15) is 0 Å². The quantitative estimate of drug-likeness (QED) is 0.655. The second kappa shape index (κ2) is 6.80. The van der Waals surface area contributed by atoms with E-state index in [2.05, 4.69) is 0 Å². The van der Waals surface area contributed by atoms with Crippen LogP contribution in [0.1, 0.15) is 33.6 Å². The zero-order valence-corrected chi connectivity index (χ0v) is 8.98. The van der Waals surface area contributed by atoms with Crippen molar-refractivity contribution in [1.82, 2.24) is 0 Å². The third kappa shape index (κ3) is 15.2. The van der Waals surface area contributed by atoms with Crippen LogP contribution in [-0.4, -0.2) is 33.2 Å². The summed E-state index contributed by atoms with van der Waals surface area (Å²) in [5.74, 6) is -2.91. The van der Waals surface area contributed by atoms with Crippen molar-refractivity contribution in [3.05, 3.63) is 0 Å². The van der Waals surface area contributed by atoms with Gasteiger partial charge >= 0.3 is 17.9 Å². The summed E-state index contributed by atoms with van der Waals surface area (Å²) in [6.07, 6.45) is -0.593. The number of carboxylic acids is 3. The number of aliphatic carboxylic acids is 3. The number of hydrogen-bond acceptors (Lipinski definition) is 3. The van der Waals surface area contributed by atoms with Crippen LogP contribution in [0.3, 0.4) is 0 Å². The van der Waals surface area contributed by atoms with Crippen LogP contribution in [0.5, 0.6) is 0 Å². The molecule has 0 atom stereocenters. The smallest absolute Gasteiger partial charge is 0.308 e. The van der Waals surface area contributed by atoms with E-state index in [-0.39, 0.29) is 12.8 Å². The molecule has 0 aliphatic carbocycles. The van der Waals surface area contributed by atoms with Crippen molar-refractivity contribution in [3.63, 3.8) is 0 Å². The molecule has 0 aromatic carbocycles. The van der Waals surface area contributed by atoms with Crippen molar-refractivity contribution < 1.29 is 29.7 Å². The molecule has 0 spiro atoms. The van der Waals surface area contributed by atoms with E-state index in [0.29, 0.717) is 0 Å². The minimum Gasteiger partial charge on any atom is -0.481 e. The van der Waals surface area contributed by atoms with Crippen LogP contribution < -0.4 is 0 Å². The standard InChI is InChI=1S/C5H10O2.C4H6O4/c1-5(2,3)4(6)7;5-3(6)1-2-4(7)8/h1-3H3,(H,6,7);1-2H2,(H,5,6)(H,7,8). The molecule has 6 heteroatoms. The van der Waals surface area contributed by atoms with Crippen LogP contribution in [-0.2, 0) is 14.4 Å². The molecule has 0 saturated heterocycles. The molecule has 0 unspecified atom stereocenters. The topological polar surface area (TPSA) is 112 Å². The molecule has 15 heavy (non-hydrogen) atoms. The van der Waals surface area contributed by atoms with E-state index in [1.807, 2.05) is 0 Å². The summed E-state index contributed by atoms with van der Waals surface area (Å²) in [7, 11) is 0. The van der Waals surface area contributed by atoms with Gasteiger partial charge in [-0.3, -0.25) is 14.4 Å². The number of carbonyl (C=O) groups is 3. The average Bonchev–Trinajstić information content (AvgIpc) is 2.00. The molecular weight excluding hydrogens is 204 g/mol. The monoisotopic (exact) mass is 220 g/mol. The number of rotatable bonds is 3. The minimum absolute atomic E-state index is 0.296. The van der Waals surface area contributed by atoms with Crippen molar-refractivity contribution in [2.45, 2.75) is 33.6 Å². The fraction of sp³-hybridized carbons (Fsp3) is 0.667. The van der Waals surface area contributed by atoms with Crippen LogP contribution in [0.2, 0.25) is 0 Å². The van der Waals surface area contributed by atoms with E-state index >= 15 is 0 Å².